The molecule has 150 valence electrons. The molecule has 7 heteroatoms. The van der Waals surface area contributed by atoms with Crippen LogP contribution in [0.25, 0.3) is 21.5 Å². The van der Waals surface area contributed by atoms with Gasteiger partial charge in [0, 0.05) is 16.3 Å². The second kappa shape index (κ2) is 7.86. The van der Waals surface area contributed by atoms with Gasteiger partial charge in [0.1, 0.15) is 0 Å². The monoisotopic (exact) mass is 435 g/mol. The van der Waals surface area contributed by atoms with E-state index in [2.05, 4.69) is 35.3 Å². The van der Waals surface area contributed by atoms with Gasteiger partial charge in [0.15, 0.2) is 6.17 Å². The van der Waals surface area contributed by atoms with Crippen LogP contribution in [0.3, 0.4) is 0 Å². The molecular weight excluding hydrogens is 417 g/mol. The van der Waals surface area contributed by atoms with Gasteiger partial charge in [0.25, 0.3) is 0 Å². The molecule has 0 fully saturated rings. The van der Waals surface area contributed by atoms with E-state index in [0.717, 1.165) is 32.8 Å². The molecule has 1 heterocycles. The first kappa shape index (κ1) is 20.0. The van der Waals surface area contributed by atoms with Gasteiger partial charge in [-0.15, -0.1) is 12.4 Å². The molecule has 4 aromatic rings. The molecule has 0 spiro atoms. The summed E-state index contributed by atoms with van der Waals surface area (Å²) >= 11 is 6.26. The molecule has 0 amide bonds. The fourth-order valence-electron chi connectivity index (χ4n) is 3.93. The van der Waals surface area contributed by atoms with Crippen molar-refractivity contribution in [1.29, 1.82) is 0 Å². The van der Waals surface area contributed by atoms with Crippen LogP contribution in [-0.4, -0.2) is 11.9 Å². The first-order chi connectivity index (χ1) is 14.1. The molecule has 1 aliphatic rings. The predicted molar refractivity (Wildman–Crippen MR) is 129 cm³/mol. The van der Waals surface area contributed by atoms with E-state index in [1.165, 1.54) is 0 Å². The minimum Gasteiger partial charge on any atom is -0.369 e. The van der Waals surface area contributed by atoms with Crippen molar-refractivity contribution in [3.05, 3.63) is 89.4 Å². The minimum atomic E-state index is -0.470. The van der Waals surface area contributed by atoms with Gasteiger partial charge in [-0.3, -0.25) is 4.90 Å². The Kier molecular flexibility index (Phi) is 5.24. The second-order valence-corrected chi connectivity index (χ2v) is 7.35. The molecule has 0 bridgehead atoms. The van der Waals surface area contributed by atoms with Crippen LogP contribution >= 0.6 is 24.0 Å². The number of hydrogen-bond donors (Lipinski definition) is 2. The lowest BCUT2D eigenvalue weighted by atomic mass is 9.94. The molecule has 0 saturated carbocycles. The van der Waals surface area contributed by atoms with Gasteiger partial charge in [-0.2, -0.15) is 4.99 Å². The highest BCUT2D eigenvalue weighted by Gasteiger charge is 2.30. The summed E-state index contributed by atoms with van der Waals surface area (Å²) in [5.74, 6) is 0.435. The standard InChI is InChI=1S/C23H18ClN5.ClH/c24-16-8-5-9-17(13-16)29-21(27-22(25)28-23(29)26)20-18-10-3-1-6-14(18)12-15-7-2-4-11-19(15)20;/h1-13,21H,(H4,25,26,27,28);1H. The summed E-state index contributed by atoms with van der Waals surface area (Å²) in [6.45, 7) is 0. The number of anilines is 1. The number of nitrogens with zero attached hydrogens (tertiary/aromatic N) is 3. The Morgan fingerprint density at radius 1 is 0.800 bits per heavy atom. The topological polar surface area (TPSA) is 80.0 Å². The van der Waals surface area contributed by atoms with Gasteiger partial charge in [0.2, 0.25) is 11.9 Å². The third kappa shape index (κ3) is 3.32. The molecule has 0 aromatic heterocycles. The largest absolute Gasteiger partial charge is 0.369 e. The summed E-state index contributed by atoms with van der Waals surface area (Å²) in [6.07, 6.45) is -0.470. The quantitative estimate of drug-likeness (QED) is 0.423. The molecule has 5 rings (SSSR count). The highest BCUT2D eigenvalue weighted by molar-refractivity contribution is 6.31. The lowest BCUT2D eigenvalue weighted by Gasteiger charge is -2.34. The van der Waals surface area contributed by atoms with Gasteiger partial charge >= 0.3 is 0 Å². The normalized spacial score (nSPS) is 16.2. The van der Waals surface area contributed by atoms with Crippen LogP contribution < -0.4 is 16.4 Å². The van der Waals surface area contributed by atoms with Crippen LogP contribution in [0.4, 0.5) is 5.69 Å². The zero-order valence-electron chi connectivity index (χ0n) is 15.9. The van der Waals surface area contributed by atoms with E-state index in [1.807, 2.05) is 53.4 Å². The Morgan fingerprint density at radius 2 is 1.43 bits per heavy atom. The van der Waals surface area contributed by atoms with E-state index in [9.17, 15) is 0 Å². The average Bonchev–Trinajstić information content (AvgIpc) is 2.71. The number of fused-ring (bicyclic) bond motifs is 2. The average molecular weight is 436 g/mol. The third-order valence-electron chi connectivity index (χ3n) is 5.13. The Bertz CT molecular complexity index is 1260. The molecule has 0 saturated heterocycles. The van der Waals surface area contributed by atoms with Crippen molar-refractivity contribution in [2.75, 3.05) is 4.90 Å². The van der Waals surface area contributed by atoms with E-state index in [0.29, 0.717) is 5.02 Å². The highest BCUT2D eigenvalue weighted by atomic mass is 35.5. The fourth-order valence-corrected chi connectivity index (χ4v) is 4.11. The van der Waals surface area contributed by atoms with Crippen LogP contribution in [-0.2, 0) is 0 Å². The van der Waals surface area contributed by atoms with Crippen molar-refractivity contribution < 1.29 is 0 Å². The molecule has 4 aromatic carbocycles. The Hall–Kier alpha value is -3.28. The minimum absolute atomic E-state index is 0. The third-order valence-corrected chi connectivity index (χ3v) is 5.37. The fraction of sp³-hybridized carbons (Fsp3) is 0.0435. The summed E-state index contributed by atoms with van der Waals surface area (Å²) in [4.78, 5) is 10.8. The van der Waals surface area contributed by atoms with Crippen LogP contribution in [0.2, 0.25) is 5.02 Å². The SMILES string of the molecule is Cl.NC1=NC(c2c3ccccc3cc3ccccc23)N(c2cccc(Cl)c2)C(N)=N1. The van der Waals surface area contributed by atoms with Gasteiger partial charge in [-0.25, -0.2) is 4.99 Å². The van der Waals surface area contributed by atoms with Crippen molar-refractivity contribution in [2.45, 2.75) is 6.17 Å². The van der Waals surface area contributed by atoms with Crippen molar-refractivity contribution in [3.8, 4) is 0 Å². The highest BCUT2D eigenvalue weighted by Crippen LogP contribution is 2.39. The molecule has 5 nitrogen and oxygen atoms in total. The second-order valence-electron chi connectivity index (χ2n) is 6.91. The maximum atomic E-state index is 6.34. The van der Waals surface area contributed by atoms with Crippen LogP contribution in [0.1, 0.15) is 11.7 Å². The van der Waals surface area contributed by atoms with E-state index in [4.69, 9.17) is 28.1 Å². The number of halogens is 2. The summed E-state index contributed by atoms with van der Waals surface area (Å²) in [7, 11) is 0. The molecule has 1 unspecified atom stereocenters. The van der Waals surface area contributed by atoms with Crippen molar-refractivity contribution >= 4 is 63.2 Å². The van der Waals surface area contributed by atoms with Gasteiger partial charge in [0.05, 0.1) is 0 Å². The smallest absolute Gasteiger partial charge is 0.221 e. The zero-order chi connectivity index (χ0) is 20.0. The number of aliphatic imine (C=N–C) groups is 2. The number of hydrogen-bond acceptors (Lipinski definition) is 5. The Morgan fingerprint density at radius 3 is 2.07 bits per heavy atom. The van der Waals surface area contributed by atoms with Crippen LogP contribution in [0, 0.1) is 0 Å². The molecular formula is C23H19Cl2N5. The van der Waals surface area contributed by atoms with Crippen LogP contribution in [0.15, 0.2) is 88.8 Å². The zero-order valence-corrected chi connectivity index (χ0v) is 17.4. The Labute approximate surface area is 185 Å². The molecule has 1 aliphatic heterocycles. The van der Waals surface area contributed by atoms with Gasteiger partial charge < -0.3 is 11.5 Å². The first-order valence-corrected chi connectivity index (χ1v) is 9.62. The molecule has 0 aliphatic carbocycles. The first-order valence-electron chi connectivity index (χ1n) is 9.24. The summed E-state index contributed by atoms with van der Waals surface area (Å²) in [5.41, 5.74) is 14.2. The van der Waals surface area contributed by atoms with Crippen molar-refractivity contribution in [1.82, 2.24) is 0 Å². The number of benzene rings is 4. The van der Waals surface area contributed by atoms with Crippen molar-refractivity contribution in [3.63, 3.8) is 0 Å². The number of rotatable bonds is 2. The maximum Gasteiger partial charge on any atom is 0.221 e. The van der Waals surface area contributed by atoms with Crippen LogP contribution in [0.5, 0.6) is 0 Å². The molecule has 4 N–H and O–H groups in total. The molecule has 1 atom stereocenters. The lowest BCUT2D eigenvalue weighted by molar-refractivity contribution is 0.748. The predicted octanol–water partition coefficient (Wildman–Crippen LogP) is 5.22. The molecule has 0 radical (unpaired) electrons. The van der Waals surface area contributed by atoms with E-state index >= 15 is 0 Å². The van der Waals surface area contributed by atoms with E-state index < -0.39 is 6.17 Å². The summed E-state index contributed by atoms with van der Waals surface area (Å²) < 4.78 is 0. The van der Waals surface area contributed by atoms with Gasteiger partial charge in [-0.1, -0.05) is 66.2 Å². The summed E-state index contributed by atoms with van der Waals surface area (Å²) in [5, 5.41) is 5.05. The molecule has 30 heavy (non-hydrogen) atoms. The Balaban J connectivity index is 0.00000218. The lowest BCUT2D eigenvalue weighted by Crippen LogP contribution is -2.44. The van der Waals surface area contributed by atoms with Crippen molar-refractivity contribution in [2.24, 2.45) is 21.5 Å². The van der Waals surface area contributed by atoms with Gasteiger partial charge in [-0.05, 0) is 45.8 Å². The summed E-state index contributed by atoms with van der Waals surface area (Å²) in [6, 6.07) is 26.2. The van der Waals surface area contributed by atoms with E-state index in [1.54, 1.807) is 0 Å². The van der Waals surface area contributed by atoms with E-state index in [-0.39, 0.29) is 24.3 Å². The number of guanidine groups is 2. The number of nitrogens with two attached hydrogens (primary N) is 2. The maximum absolute atomic E-state index is 6.34.